The number of amidine groups is 1. The zero-order valence-electron chi connectivity index (χ0n) is 21.9. The fourth-order valence-corrected chi connectivity index (χ4v) is 5.01. The minimum Gasteiger partial charge on any atom is -0.495 e. The minimum absolute atomic E-state index is 0.00610. The Kier molecular flexibility index (Phi) is 9.21. The molecule has 0 saturated carbocycles. The number of halogens is 4. The van der Waals surface area contributed by atoms with E-state index in [0.717, 1.165) is 25.9 Å². The van der Waals surface area contributed by atoms with Gasteiger partial charge in [-0.2, -0.15) is 18.2 Å². The predicted molar refractivity (Wildman–Crippen MR) is 143 cm³/mol. The van der Waals surface area contributed by atoms with Gasteiger partial charge in [-0.15, -0.1) is 11.6 Å². The van der Waals surface area contributed by atoms with E-state index in [1.165, 1.54) is 12.0 Å². The van der Waals surface area contributed by atoms with Crippen molar-refractivity contribution in [2.45, 2.75) is 25.1 Å². The third-order valence-corrected chi connectivity index (χ3v) is 7.41. The molecule has 3 aliphatic heterocycles. The lowest BCUT2D eigenvalue weighted by Crippen LogP contribution is -2.55. The van der Waals surface area contributed by atoms with Crippen LogP contribution in [0.25, 0.3) is 0 Å². The lowest BCUT2D eigenvalue weighted by atomic mass is 10.0. The van der Waals surface area contributed by atoms with Gasteiger partial charge in [-0.05, 0) is 51.2 Å². The summed E-state index contributed by atoms with van der Waals surface area (Å²) in [6.45, 7) is 2.21. The second-order valence-electron chi connectivity index (χ2n) is 9.82. The summed E-state index contributed by atoms with van der Waals surface area (Å²) in [5.41, 5.74) is 0.825. The van der Waals surface area contributed by atoms with Crippen LogP contribution in [0.4, 0.5) is 18.9 Å². The van der Waals surface area contributed by atoms with Gasteiger partial charge >= 0.3 is 6.18 Å². The summed E-state index contributed by atoms with van der Waals surface area (Å²) in [4.78, 5) is 38.2. The highest BCUT2D eigenvalue weighted by Gasteiger charge is 2.46. The Morgan fingerprint density at radius 3 is 2.44 bits per heavy atom. The van der Waals surface area contributed by atoms with Gasteiger partial charge in [0.1, 0.15) is 23.4 Å². The normalized spacial score (nSPS) is 21.2. The van der Waals surface area contributed by atoms with Crippen molar-refractivity contribution in [1.82, 2.24) is 20.0 Å². The number of amides is 2. The lowest BCUT2D eigenvalue weighted by molar-refractivity contribution is -0.155. The maximum Gasteiger partial charge on any atom is 0.400 e. The molecule has 39 heavy (non-hydrogen) atoms. The Morgan fingerprint density at radius 1 is 1.13 bits per heavy atom. The number of piperazine rings is 1. The average molecular weight is 572 g/mol. The van der Waals surface area contributed by atoms with Crippen molar-refractivity contribution >= 4 is 40.9 Å². The highest BCUT2D eigenvalue weighted by atomic mass is 35.5. The number of likely N-dealkylation sites (tertiary alicyclic amines) is 1. The standard InChI is InChI=1S/C25H33ClF3N7O3/c1-34-7-5-17(6-8-34)31-23(38)16-3-4-19(20(13-16)39-2)32-24-30-15-18(25(27,28)29)22(33-24)36-11-9-35(10-12-36)21(37)14-26/h3-4,13,17-18H,5-12,14-15H2,1-2H3,(H,30,32)(H,31,38). The molecular weight excluding hydrogens is 539 g/mol. The number of rotatable bonds is 5. The highest BCUT2D eigenvalue weighted by Crippen LogP contribution is 2.32. The Labute approximate surface area is 230 Å². The fraction of sp³-hybridized carbons (Fsp3) is 0.600. The monoisotopic (exact) mass is 571 g/mol. The van der Waals surface area contributed by atoms with Crippen LogP contribution in [0.5, 0.6) is 5.75 Å². The maximum absolute atomic E-state index is 13.8. The van der Waals surface area contributed by atoms with Crippen LogP contribution in [0.1, 0.15) is 23.2 Å². The van der Waals surface area contributed by atoms with E-state index >= 15 is 0 Å². The van der Waals surface area contributed by atoms with Crippen molar-refractivity contribution in [2.24, 2.45) is 15.9 Å². The zero-order chi connectivity index (χ0) is 28.2. The van der Waals surface area contributed by atoms with Crippen molar-refractivity contribution < 1.29 is 27.5 Å². The highest BCUT2D eigenvalue weighted by molar-refractivity contribution is 6.27. The number of carbonyl (C=O) groups is 2. The number of nitrogens with one attached hydrogen (secondary N) is 2. The van der Waals surface area contributed by atoms with Gasteiger partial charge in [0, 0.05) is 37.8 Å². The first-order valence-corrected chi connectivity index (χ1v) is 13.4. The molecule has 214 valence electrons. The molecule has 14 heteroatoms. The van der Waals surface area contributed by atoms with Crippen molar-refractivity contribution in [2.75, 3.05) is 71.2 Å². The van der Waals surface area contributed by atoms with Gasteiger partial charge in [0.25, 0.3) is 5.91 Å². The molecule has 0 spiro atoms. The van der Waals surface area contributed by atoms with E-state index in [2.05, 4.69) is 25.5 Å². The average Bonchev–Trinajstić information content (AvgIpc) is 2.93. The van der Waals surface area contributed by atoms with Gasteiger partial charge in [0.05, 0.1) is 19.3 Å². The molecule has 10 nitrogen and oxygen atoms in total. The molecule has 1 aromatic rings. The number of hydrogen-bond donors (Lipinski definition) is 2. The molecule has 0 bridgehead atoms. The largest absolute Gasteiger partial charge is 0.495 e. The number of hydrogen-bond acceptors (Lipinski definition) is 8. The smallest absolute Gasteiger partial charge is 0.400 e. The van der Waals surface area contributed by atoms with Gasteiger partial charge < -0.3 is 30.1 Å². The Morgan fingerprint density at radius 2 is 1.82 bits per heavy atom. The van der Waals surface area contributed by atoms with E-state index in [0.29, 0.717) is 17.0 Å². The summed E-state index contributed by atoms with van der Waals surface area (Å²) in [5, 5.41) is 6.01. The van der Waals surface area contributed by atoms with E-state index in [1.54, 1.807) is 23.1 Å². The van der Waals surface area contributed by atoms with Crippen LogP contribution >= 0.6 is 11.6 Å². The summed E-state index contributed by atoms with van der Waals surface area (Å²) >= 11 is 5.61. The number of carbonyl (C=O) groups excluding carboxylic acids is 2. The number of alkyl halides is 4. The van der Waals surface area contributed by atoms with Crippen LogP contribution < -0.4 is 15.4 Å². The van der Waals surface area contributed by atoms with Crippen molar-refractivity contribution in [1.29, 1.82) is 0 Å². The van der Waals surface area contributed by atoms with Gasteiger partial charge in [0.2, 0.25) is 11.9 Å². The van der Waals surface area contributed by atoms with E-state index < -0.39 is 18.6 Å². The maximum atomic E-state index is 13.8. The summed E-state index contributed by atoms with van der Waals surface area (Å²) in [6.07, 6.45) is -2.79. The summed E-state index contributed by atoms with van der Waals surface area (Å²) in [7, 11) is 3.49. The van der Waals surface area contributed by atoms with Crippen LogP contribution in [0.3, 0.4) is 0 Å². The molecule has 0 radical (unpaired) electrons. The SMILES string of the molecule is COc1cc(C(=O)NC2CCN(C)CC2)ccc1NC1=NCC(C(F)(F)F)C(N2CCN(C(=O)CCl)CC2)=N1. The first-order chi connectivity index (χ1) is 18.6. The second-order valence-corrected chi connectivity index (χ2v) is 10.1. The Bertz CT molecular complexity index is 1110. The minimum atomic E-state index is -4.53. The van der Waals surface area contributed by atoms with E-state index in [1.807, 2.05) is 7.05 Å². The number of nitrogens with zero attached hydrogens (tertiary/aromatic N) is 5. The van der Waals surface area contributed by atoms with Crippen LogP contribution in [0.15, 0.2) is 28.2 Å². The second kappa shape index (κ2) is 12.4. The van der Waals surface area contributed by atoms with E-state index in [4.69, 9.17) is 16.3 Å². The number of aliphatic imine (C=N–C) groups is 2. The quantitative estimate of drug-likeness (QED) is 0.526. The topological polar surface area (TPSA) is 102 Å². The third-order valence-electron chi connectivity index (χ3n) is 7.19. The number of anilines is 1. The number of guanidine groups is 1. The number of benzene rings is 1. The first kappa shape index (κ1) is 28.9. The Balaban J connectivity index is 1.47. The summed E-state index contributed by atoms with van der Waals surface area (Å²) in [6, 6.07) is 4.91. The lowest BCUT2D eigenvalue weighted by Gasteiger charge is -2.39. The van der Waals surface area contributed by atoms with Gasteiger partial charge in [-0.1, -0.05) is 0 Å². The van der Waals surface area contributed by atoms with Crippen molar-refractivity contribution in [3.63, 3.8) is 0 Å². The molecule has 1 unspecified atom stereocenters. The third kappa shape index (κ3) is 7.13. The van der Waals surface area contributed by atoms with E-state index in [9.17, 15) is 22.8 Å². The summed E-state index contributed by atoms with van der Waals surface area (Å²) in [5.74, 6) is -2.31. The Hall–Kier alpha value is -3.06. The molecule has 2 saturated heterocycles. The molecule has 1 aromatic carbocycles. The van der Waals surface area contributed by atoms with Gasteiger partial charge in [-0.25, -0.2) is 4.99 Å². The summed E-state index contributed by atoms with van der Waals surface area (Å²) < 4.78 is 47.0. The zero-order valence-corrected chi connectivity index (χ0v) is 22.7. The van der Waals surface area contributed by atoms with Crippen LogP contribution in [-0.2, 0) is 4.79 Å². The van der Waals surface area contributed by atoms with Gasteiger partial charge in [0.15, 0.2) is 0 Å². The molecule has 0 aliphatic carbocycles. The predicted octanol–water partition coefficient (Wildman–Crippen LogP) is 2.26. The molecule has 3 aliphatic rings. The number of ether oxygens (including phenoxy) is 1. The molecule has 2 amide bonds. The molecule has 2 fully saturated rings. The molecule has 4 rings (SSSR count). The number of methoxy groups -OCH3 is 1. The number of piperidine rings is 1. The molecule has 0 aromatic heterocycles. The van der Waals surface area contributed by atoms with Crippen molar-refractivity contribution in [3.05, 3.63) is 23.8 Å². The van der Waals surface area contributed by atoms with Gasteiger partial charge in [-0.3, -0.25) is 9.59 Å². The van der Waals surface area contributed by atoms with Crippen LogP contribution in [-0.4, -0.2) is 116 Å². The van der Waals surface area contributed by atoms with Crippen LogP contribution in [0.2, 0.25) is 0 Å². The van der Waals surface area contributed by atoms with Crippen LogP contribution in [0, 0.1) is 5.92 Å². The fourth-order valence-electron chi connectivity index (χ4n) is 4.84. The van der Waals surface area contributed by atoms with Crippen molar-refractivity contribution in [3.8, 4) is 5.75 Å². The van der Waals surface area contributed by atoms with E-state index in [-0.39, 0.29) is 61.7 Å². The molecule has 1 atom stereocenters. The molecular formula is C25H33ClF3N7O3. The molecule has 2 N–H and O–H groups in total. The first-order valence-electron chi connectivity index (χ1n) is 12.8. The molecule has 3 heterocycles.